The molecule has 0 amide bonds. The molecule has 27 heavy (non-hydrogen) atoms. The first-order chi connectivity index (χ1) is 13.3. The zero-order valence-corrected chi connectivity index (χ0v) is 15.4. The molecule has 1 aromatic heterocycles. The van der Waals surface area contributed by atoms with Crippen molar-refractivity contribution in [3.05, 3.63) is 82.8 Å². The van der Waals surface area contributed by atoms with Crippen molar-refractivity contribution in [2.75, 3.05) is 7.11 Å². The van der Waals surface area contributed by atoms with Crippen molar-refractivity contribution in [2.24, 2.45) is 5.10 Å². The molecule has 3 heterocycles. The number of ether oxygens (including phenoxy) is 2. The van der Waals surface area contributed by atoms with E-state index >= 15 is 0 Å². The van der Waals surface area contributed by atoms with Gasteiger partial charge in [0.2, 0.25) is 6.23 Å². The highest BCUT2D eigenvalue weighted by Crippen LogP contribution is 2.51. The maximum Gasteiger partial charge on any atom is 0.215 e. The number of nitrogens with zero attached hydrogens (tertiary/aromatic N) is 2. The van der Waals surface area contributed by atoms with Gasteiger partial charge < -0.3 is 13.9 Å². The Morgan fingerprint density at radius 1 is 1.07 bits per heavy atom. The molecule has 2 aromatic carbocycles. The summed E-state index contributed by atoms with van der Waals surface area (Å²) in [5.74, 6) is 2.21. The summed E-state index contributed by atoms with van der Waals surface area (Å²) in [6.45, 7) is 0. The van der Waals surface area contributed by atoms with E-state index in [1.807, 2.05) is 53.5 Å². The molecular weight excluding hydrogens is 364 g/mol. The minimum absolute atomic E-state index is 0.0187. The molecule has 0 N–H and O–H groups in total. The lowest BCUT2D eigenvalue weighted by atomic mass is 9.97. The number of hydrogen-bond acceptors (Lipinski definition) is 5. The van der Waals surface area contributed by atoms with Crippen LogP contribution in [0, 0.1) is 0 Å². The summed E-state index contributed by atoms with van der Waals surface area (Å²) in [5, 5.41) is 7.45. The molecule has 2 atom stereocenters. The fourth-order valence-corrected chi connectivity index (χ4v) is 3.95. The van der Waals surface area contributed by atoms with E-state index < -0.39 is 6.23 Å². The fourth-order valence-electron chi connectivity index (χ4n) is 3.72. The third-order valence-corrected chi connectivity index (χ3v) is 5.32. The lowest BCUT2D eigenvalue weighted by Gasteiger charge is -2.38. The number of furan rings is 1. The molecule has 0 unspecified atom stereocenters. The maximum absolute atomic E-state index is 6.48. The largest absolute Gasteiger partial charge is 0.493 e. The number of fused-ring (bicyclic) bond motifs is 3. The fraction of sp³-hybridized carbons (Fsp3) is 0.190. The molecule has 0 aliphatic carbocycles. The predicted octanol–water partition coefficient (Wildman–Crippen LogP) is 5.18. The van der Waals surface area contributed by atoms with E-state index in [0.29, 0.717) is 10.8 Å². The van der Waals surface area contributed by atoms with Gasteiger partial charge in [0.05, 0.1) is 19.4 Å². The van der Waals surface area contributed by atoms with E-state index in [0.717, 1.165) is 34.8 Å². The van der Waals surface area contributed by atoms with Gasteiger partial charge in [-0.2, -0.15) is 5.10 Å². The highest BCUT2D eigenvalue weighted by molar-refractivity contribution is 6.31. The number of hydrogen-bond donors (Lipinski definition) is 0. The monoisotopic (exact) mass is 380 g/mol. The molecule has 0 spiro atoms. The molecule has 2 aliphatic rings. The van der Waals surface area contributed by atoms with E-state index in [4.69, 9.17) is 30.6 Å². The van der Waals surface area contributed by atoms with E-state index in [1.54, 1.807) is 13.4 Å². The van der Waals surface area contributed by atoms with Crippen LogP contribution in [0.4, 0.5) is 0 Å². The van der Waals surface area contributed by atoms with Crippen molar-refractivity contribution >= 4 is 17.3 Å². The first-order valence-corrected chi connectivity index (χ1v) is 9.11. The Bertz CT molecular complexity index is 1020. The summed E-state index contributed by atoms with van der Waals surface area (Å²) >= 11 is 6.48. The molecule has 0 radical (unpaired) electrons. The first kappa shape index (κ1) is 16.3. The number of hydrazone groups is 1. The smallest absolute Gasteiger partial charge is 0.215 e. The molecule has 2 aliphatic heterocycles. The average Bonchev–Trinajstić information content (AvgIpc) is 3.37. The Morgan fingerprint density at radius 3 is 2.70 bits per heavy atom. The molecule has 5 rings (SSSR count). The van der Waals surface area contributed by atoms with Crippen LogP contribution in [0.2, 0.25) is 5.02 Å². The second-order valence-corrected chi connectivity index (χ2v) is 6.90. The van der Waals surface area contributed by atoms with Gasteiger partial charge in [0, 0.05) is 22.6 Å². The van der Waals surface area contributed by atoms with Crippen molar-refractivity contribution < 1.29 is 13.9 Å². The van der Waals surface area contributed by atoms with Crippen molar-refractivity contribution in [1.82, 2.24) is 5.01 Å². The summed E-state index contributed by atoms with van der Waals surface area (Å²) < 4.78 is 17.5. The van der Waals surface area contributed by atoms with E-state index in [9.17, 15) is 0 Å². The number of para-hydroxylation sites is 1. The van der Waals surface area contributed by atoms with Crippen LogP contribution in [0.5, 0.6) is 11.5 Å². The Balaban J connectivity index is 1.66. The van der Waals surface area contributed by atoms with Crippen molar-refractivity contribution in [2.45, 2.75) is 18.7 Å². The highest BCUT2D eigenvalue weighted by Gasteiger charge is 2.43. The average molecular weight is 381 g/mol. The van der Waals surface area contributed by atoms with Gasteiger partial charge in [0.15, 0.2) is 11.5 Å². The zero-order chi connectivity index (χ0) is 18.4. The van der Waals surface area contributed by atoms with Crippen molar-refractivity contribution in [3.63, 3.8) is 0 Å². The zero-order valence-electron chi connectivity index (χ0n) is 14.6. The minimum atomic E-state index is -0.444. The number of rotatable bonds is 3. The Morgan fingerprint density at radius 2 is 1.93 bits per heavy atom. The molecule has 6 heteroatoms. The van der Waals surface area contributed by atoms with Gasteiger partial charge in [-0.05, 0) is 24.3 Å². The molecule has 5 nitrogen and oxygen atoms in total. The number of halogens is 1. The van der Waals surface area contributed by atoms with Crippen LogP contribution in [0.15, 0.2) is 70.4 Å². The van der Waals surface area contributed by atoms with Gasteiger partial charge in [0.25, 0.3) is 0 Å². The van der Waals surface area contributed by atoms with E-state index in [2.05, 4.69) is 6.07 Å². The molecule has 0 fully saturated rings. The molecule has 0 bridgehead atoms. The van der Waals surface area contributed by atoms with Crippen molar-refractivity contribution in [1.29, 1.82) is 0 Å². The molecule has 0 saturated heterocycles. The van der Waals surface area contributed by atoms with E-state index in [-0.39, 0.29) is 6.04 Å². The summed E-state index contributed by atoms with van der Waals surface area (Å²) in [7, 11) is 1.65. The van der Waals surface area contributed by atoms with Crippen LogP contribution >= 0.6 is 11.6 Å². The lowest BCUT2D eigenvalue weighted by molar-refractivity contribution is -0.0208. The molecular formula is C21H17ClN2O3. The molecule has 136 valence electrons. The Labute approximate surface area is 161 Å². The van der Waals surface area contributed by atoms with Gasteiger partial charge in [-0.3, -0.25) is 0 Å². The van der Waals surface area contributed by atoms with E-state index in [1.165, 1.54) is 0 Å². The van der Waals surface area contributed by atoms with Gasteiger partial charge in [-0.15, -0.1) is 0 Å². The summed E-state index contributed by atoms with van der Waals surface area (Å²) in [6, 6.07) is 17.4. The summed E-state index contributed by atoms with van der Waals surface area (Å²) in [6.07, 6.45) is 1.94. The second kappa shape index (κ2) is 6.35. The molecule has 0 saturated carbocycles. The highest BCUT2D eigenvalue weighted by atomic mass is 35.5. The predicted molar refractivity (Wildman–Crippen MR) is 102 cm³/mol. The van der Waals surface area contributed by atoms with Gasteiger partial charge in [-0.1, -0.05) is 41.9 Å². The topological polar surface area (TPSA) is 47.2 Å². The van der Waals surface area contributed by atoms with Gasteiger partial charge in [0.1, 0.15) is 11.5 Å². The Hall–Kier alpha value is -2.92. The number of benzene rings is 2. The first-order valence-electron chi connectivity index (χ1n) is 8.74. The molecule has 3 aromatic rings. The van der Waals surface area contributed by atoms with Crippen molar-refractivity contribution in [3.8, 4) is 11.5 Å². The van der Waals surface area contributed by atoms with Gasteiger partial charge in [-0.25, -0.2) is 5.01 Å². The minimum Gasteiger partial charge on any atom is -0.493 e. The summed E-state index contributed by atoms with van der Waals surface area (Å²) in [5.41, 5.74) is 2.80. The van der Waals surface area contributed by atoms with Crippen LogP contribution in [0.25, 0.3) is 0 Å². The van der Waals surface area contributed by atoms with Gasteiger partial charge >= 0.3 is 0 Å². The third-order valence-electron chi connectivity index (χ3n) is 4.98. The lowest BCUT2D eigenvalue weighted by Crippen LogP contribution is -2.34. The third kappa shape index (κ3) is 2.58. The van der Waals surface area contributed by atoms with Crippen LogP contribution in [0.3, 0.4) is 0 Å². The maximum atomic E-state index is 6.48. The summed E-state index contributed by atoms with van der Waals surface area (Å²) in [4.78, 5) is 0. The quantitative estimate of drug-likeness (QED) is 0.627. The van der Waals surface area contributed by atoms with Crippen LogP contribution in [-0.4, -0.2) is 17.8 Å². The second-order valence-electron chi connectivity index (χ2n) is 6.49. The standard InChI is InChI=1S/C21H17ClN2O3/c1-25-19-9-4-7-14-17-12-16(18-10-5-11-26-18)23-24(17)21(27-20(14)19)13-6-2-3-8-15(13)22/h2-11,17,21H,12H2,1H3/t17-,21+/m1/s1. The van der Waals surface area contributed by atoms with Crippen LogP contribution in [0.1, 0.15) is 35.6 Å². The normalized spacial score (nSPS) is 20.5. The van der Waals surface area contributed by atoms with Crippen LogP contribution < -0.4 is 9.47 Å². The Kier molecular flexibility index (Phi) is 3.83. The number of methoxy groups -OCH3 is 1. The van der Waals surface area contributed by atoms with Crippen LogP contribution in [-0.2, 0) is 0 Å². The SMILES string of the molecule is COc1cccc2c1O[C@@H](c1ccccc1Cl)N1N=C(c3ccco3)C[C@H]21.